The van der Waals surface area contributed by atoms with E-state index >= 15 is 0 Å². The molecule has 5 heteroatoms. The number of benzene rings is 2. The van der Waals surface area contributed by atoms with E-state index in [9.17, 15) is 4.39 Å². The molecule has 0 spiro atoms. The van der Waals surface area contributed by atoms with Crippen LogP contribution in [0.2, 0.25) is 5.02 Å². The van der Waals surface area contributed by atoms with E-state index in [1.807, 2.05) is 25.1 Å². The van der Waals surface area contributed by atoms with Crippen LogP contribution in [0.3, 0.4) is 0 Å². The second-order valence-electron chi connectivity index (χ2n) is 4.48. The van der Waals surface area contributed by atoms with E-state index in [4.69, 9.17) is 27.9 Å². The maximum absolute atomic E-state index is 13.6. The molecule has 2 nitrogen and oxygen atoms in total. The average molecular weight is 328 g/mol. The minimum Gasteiger partial charge on any atom is -0.494 e. The summed E-state index contributed by atoms with van der Waals surface area (Å²) in [5.41, 5.74) is 2.27. The van der Waals surface area contributed by atoms with Crippen molar-refractivity contribution in [3.63, 3.8) is 0 Å². The lowest BCUT2D eigenvalue weighted by Gasteiger charge is -2.12. The van der Waals surface area contributed by atoms with Gasteiger partial charge in [0, 0.05) is 28.4 Å². The predicted octanol–water partition coefficient (Wildman–Crippen LogP) is 5.23. The number of hydrogen-bond donors (Lipinski definition) is 1. The molecule has 2 aromatic carbocycles. The second kappa shape index (κ2) is 7.53. The first-order valence-corrected chi connectivity index (χ1v) is 7.54. The second-order valence-corrected chi connectivity index (χ2v) is 5.18. The standard InChI is InChI=1S/C16H16Cl2FNO/c1-2-21-16-6-4-14(8-11(16)9-17)20-10-12-7-13(18)3-5-15(12)19/h3-8,20H,2,9-10H2,1H3. The van der Waals surface area contributed by atoms with Crippen molar-refractivity contribution >= 4 is 28.9 Å². The SMILES string of the molecule is CCOc1ccc(NCc2cc(Cl)ccc2F)cc1CCl. The number of ether oxygens (including phenoxy) is 1. The predicted molar refractivity (Wildman–Crippen MR) is 85.9 cm³/mol. The summed E-state index contributed by atoms with van der Waals surface area (Å²) < 4.78 is 19.1. The Morgan fingerprint density at radius 2 is 1.95 bits per heavy atom. The molecule has 0 saturated heterocycles. The van der Waals surface area contributed by atoms with E-state index in [2.05, 4.69) is 5.32 Å². The van der Waals surface area contributed by atoms with Crippen LogP contribution in [0, 0.1) is 5.82 Å². The van der Waals surface area contributed by atoms with Crippen molar-refractivity contribution in [1.29, 1.82) is 0 Å². The molecule has 112 valence electrons. The summed E-state index contributed by atoms with van der Waals surface area (Å²) in [4.78, 5) is 0. The lowest BCUT2D eigenvalue weighted by molar-refractivity contribution is 0.337. The minimum absolute atomic E-state index is 0.282. The van der Waals surface area contributed by atoms with Gasteiger partial charge >= 0.3 is 0 Å². The fourth-order valence-electron chi connectivity index (χ4n) is 1.97. The Morgan fingerprint density at radius 3 is 2.67 bits per heavy atom. The van der Waals surface area contributed by atoms with Gasteiger partial charge < -0.3 is 10.1 Å². The zero-order chi connectivity index (χ0) is 15.2. The summed E-state index contributed by atoms with van der Waals surface area (Å²) in [5, 5.41) is 3.68. The van der Waals surface area contributed by atoms with Gasteiger partial charge in [-0.25, -0.2) is 4.39 Å². The highest BCUT2D eigenvalue weighted by Gasteiger charge is 2.06. The first-order chi connectivity index (χ1) is 10.1. The van der Waals surface area contributed by atoms with Gasteiger partial charge in [0.25, 0.3) is 0 Å². The normalized spacial score (nSPS) is 10.5. The van der Waals surface area contributed by atoms with Crippen molar-refractivity contribution < 1.29 is 9.13 Å². The molecule has 0 heterocycles. The molecule has 0 aliphatic heterocycles. The van der Waals surface area contributed by atoms with Gasteiger partial charge in [-0.05, 0) is 43.3 Å². The molecule has 0 unspecified atom stereocenters. The third kappa shape index (κ3) is 4.26. The van der Waals surface area contributed by atoms with Gasteiger partial charge in [-0.15, -0.1) is 11.6 Å². The monoisotopic (exact) mass is 327 g/mol. The van der Waals surface area contributed by atoms with Crippen molar-refractivity contribution in [2.45, 2.75) is 19.3 Å². The van der Waals surface area contributed by atoms with Gasteiger partial charge in [-0.2, -0.15) is 0 Å². The topological polar surface area (TPSA) is 21.3 Å². The third-order valence-electron chi connectivity index (χ3n) is 3.00. The van der Waals surface area contributed by atoms with Crippen molar-refractivity contribution in [3.8, 4) is 5.75 Å². The third-order valence-corrected chi connectivity index (χ3v) is 3.52. The molecule has 0 aromatic heterocycles. The van der Waals surface area contributed by atoms with E-state index < -0.39 is 0 Å². The number of alkyl halides is 1. The molecule has 0 saturated carbocycles. The molecule has 0 atom stereocenters. The number of anilines is 1. The maximum atomic E-state index is 13.6. The molecule has 21 heavy (non-hydrogen) atoms. The average Bonchev–Trinajstić information content (AvgIpc) is 2.49. The van der Waals surface area contributed by atoms with Crippen LogP contribution in [-0.2, 0) is 12.4 Å². The van der Waals surface area contributed by atoms with Crippen LogP contribution in [0.25, 0.3) is 0 Å². The van der Waals surface area contributed by atoms with E-state index in [1.54, 1.807) is 6.07 Å². The fraction of sp³-hybridized carbons (Fsp3) is 0.250. The minimum atomic E-state index is -0.282. The highest BCUT2D eigenvalue weighted by molar-refractivity contribution is 6.30. The lowest BCUT2D eigenvalue weighted by atomic mass is 10.1. The summed E-state index contributed by atoms with van der Waals surface area (Å²) in [6.07, 6.45) is 0. The number of halogens is 3. The largest absolute Gasteiger partial charge is 0.494 e. The van der Waals surface area contributed by atoms with Crippen LogP contribution in [0.4, 0.5) is 10.1 Å². The van der Waals surface area contributed by atoms with Gasteiger partial charge in [-0.3, -0.25) is 0 Å². The summed E-state index contributed by atoms with van der Waals surface area (Å²) in [5.74, 6) is 0.846. The smallest absolute Gasteiger partial charge is 0.128 e. The molecule has 0 aliphatic carbocycles. The lowest BCUT2D eigenvalue weighted by Crippen LogP contribution is -2.03. The Morgan fingerprint density at radius 1 is 1.14 bits per heavy atom. The first kappa shape index (κ1) is 15.9. The Kier molecular flexibility index (Phi) is 5.71. The Hall–Kier alpha value is -1.45. The van der Waals surface area contributed by atoms with Crippen LogP contribution in [0.1, 0.15) is 18.1 Å². The molecule has 0 amide bonds. The summed E-state index contributed by atoms with van der Waals surface area (Å²) >= 11 is 11.8. The van der Waals surface area contributed by atoms with Crippen molar-refractivity contribution in [2.24, 2.45) is 0 Å². The Balaban J connectivity index is 2.11. The number of rotatable bonds is 6. The van der Waals surface area contributed by atoms with Crippen LogP contribution in [0.5, 0.6) is 5.75 Å². The van der Waals surface area contributed by atoms with E-state index in [1.165, 1.54) is 12.1 Å². The van der Waals surface area contributed by atoms with Gasteiger partial charge in [-0.1, -0.05) is 11.6 Å². The van der Waals surface area contributed by atoms with E-state index in [0.29, 0.717) is 29.6 Å². The van der Waals surface area contributed by atoms with E-state index in [-0.39, 0.29) is 5.82 Å². The molecule has 0 bridgehead atoms. The van der Waals surface area contributed by atoms with Gasteiger partial charge in [0.15, 0.2) is 0 Å². The zero-order valence-corrected chi connectivity index (χ0v) is 13.1. The molecular weight excluding hydrogens is 312 g/mol. The van der Waals surface area contributed by atoms with Crippen LogP contribution < -0.4 is 10.1 Å². The maximum Gasteiger partial charge on any atom is 0.128 e. The van der Waals surface area contributed by atoms with Gasteiger partial charge in [0.05, 0.1) is 12.5 Å². The van der Waals surface area contributed by atoms with E-state index in [0.717, 1.165) is 17.0 Å². The quantitative estimate of drug-likeness (QED) is 0.733. The molecule has 1 N–H and O–H groups in total. The molecular formula is C16H16Cl2FNO. The Bertz CT molecular complexity index is 619. The van der Waals surface area contributed by atoms with Crippen molar-refractivity contribution in [2.75, 3.05) is 11.9 Å². The molecule has 0 aliphatic rings. The Labute approximate surface area is 133 Å². The highest BCUT2D eigenvalue weighted by Crippen LogP contribution is 2.25. The summed E-state index contributed by atoms with van der Waals surface area (Å²) in [6, 6.07) is 10.1. The number of hydrogen-bond acceptors (Lipinski definition) is 2. The number of nitrogens with one attached hydrogen (secondary N) is 1. The van der Waals surface area contributed by atoms with Crippen molar-refractivity contribution in [1.82, 2.24) is 0 Å². The van der Waals surface area contributed by atoms with Crippen molar-refractivity contribution in [3.05, 3.63) is 58.4 Å². The molecule has 2 rings (SSSR count). The summed E-state index contributed by atoms with van der Waals surface area (Å²) in [6.45, 7) is 2.86. The molecule has 0 fully saturated rings. The van der Waals surface area contributed by atoms with Gasteiger partial charge in [0.2, 0.25) is 0 Å². The first-order valence-electron chi connectivity index (χ1n) is 6.63. The van der Waals surface area contributed by atoms with Crippen LogP contribution >= 0.6 is 23.2 Å². The summed E-state index contributed by atoms with van der Waals surface area (Å²) in [7, 11) is 0. The fourth-order valence-corrected chi connectivity index (χ4v) is 2.37. The molecule has 0 radical (unpaired) electrons. The van der Waals surface area contributed by atoms with Crippen LogP contribution in [-0.4, -0.2) is 6.61 Å². The van der Waals surface area contributed by atoms with Gasteiger partial charge in [0.1, 0.15) is 11.6 Å². The molecule has 2 aromatic rings. The zero-order valence-electron chi connectivity index (χ0n) is 11.6. The highest BCUT2D eigenvalue weighted by atomic mass is 35.5. The van der Waals surface area contributed by atoms with Crippen LogP contribution in [0.15, 0.2) is 36.4 Å².